The van der Waals surface area contributed by atoms with E-state index in [9.17, 15) is 13.2 Å². The Labute approximate surface area is 156 Å². The summed E-state index contributed by atoms with van der Waals surface area (Å²) in [5.41, 5.74) is 3.40. The second-order valence-corrected chi connectivity index (χ2v) is 7.96. The maximum absolute atomic E-state index is 12.9. The molecule has 0 fully saturated rings. The molecule has 0 saturated heterocycles. The third-order valence-electron chi connectivity index (χ3n) is 4.62. The van der Waals surface area contributed by atoms with Crippen LogP contribution in [0.25, 0.3) is 0 Å². The fourth-order valence-electron chi connectivity index (χ4n) is 2.78. The maximum Gasteiger partial charge on any atom is 0.262 e. The zero-order chi connectivity index (χ0) is 19.5. The Bertz CT molecular complexity index is 917. The molecule has 0 heterocycles. The van der Waals surface area contributed by atoms with Crippen LogP contribution in [-0.4, -0.2) is 32.3 Å². The zero-order valence-electron chi connectivity index (χ0n) is 16.0. The van der Waals surface area contributed by atoms with Crippen molar-refractivity contribution >= 4 is 21.6 Å². The number of anilines is 1. The Morgan fingerprint density at radius 3 is 2.27 bits per heavy atom. The Balaban J connectivity index is 2.44. The lowest BCUT2D eigenvalue weighted by Crippen LogP contribution is -2.30. The fourth-order valence-corrected chi connectivity index (χ4v) is 4.17. The lowest BCUT2D eigenvalue weighted by molar-refractivity contribution is 0.0772. The first-order valence-electron chi connectivity index (χ1n) is 8.70. The van der Waals surface area contributed by atoms with Crippen LogP contribution >= 0.6 is 0 Å². The van der Waals surface area contributed by atoms with E-state index in [1.165, 1.54) is 6.07 Å². The smallest absolute Gasteiger partial charge is 0.262 e. The molecule has 1 N–H and O–H groups in total. The first kappa shape index (κ1) is 20.0. The minimum Gasteiger partial charge on any atom is -0.339 e. The van der Waals surface area contributed by atoms with Crippen molar-refractivity contribution in [2.24, 2.45) is 0 Å². The first-order valence-corrected chi connectivity index (χ1v) is 10.2. The van der Waals surface area contributed by atoms with Gasteiger partial charge in [-0.3, -0.25) is 9.52 Å². The number of amides is 1. The summed E-state index contributed by atoms with van der Waals surface area (Å²) in [5.74, 6) is -0.168. The van der Waals surface area contributed by atoms with Crippen molar-refractivity contribution in [3.8, 4) is 0 Å². The van der Waals surface area contributed by atoms with Crippen LogP contribution in [0.15, 0.2) is 41.3 Å². The van der Waals surface area contributed by atoms with Crippen molar-refractivity contribution < 1.29 is 13.2 Å². The molecule has 140 valence electrons. The van der Waals surface area contributed by atoms with E-state index in [4.69, 9.17) is 0 Å². The normalized spacial score (nSPS) is 11.3. The summed E-state index contributed by atoms with van der Waals surface area (Å²) in [7, 11) is -3.80. The Morgan fingerprint density at radius 1 is 1.00 bits per heavy atom. The van der Waals surface area contributed by atoms with Crippen LogP contribution in [0.4, 0.5) is 5.69 Å². The molecule has 0 aliphatic heterocycles. The molecule has 1 amide bonds. The van der Waals surface area contributed by atoms with Gasteiger partial charge in [-0.25, -0.2) is 8.42 Å². The van der Waals surface area contributed by atoms with E-state index in [1.54, 1.807) is 30.0 Å². The van der Waals surface area contributed by atoms with Gasteiger partial charge in [-0.15, -0.1) is 0 Å². The molecule has 2 aromatic carbocycles. The summed E-state index contributed by atoms with van der Waals surface area (Å²) in [4.78, 5) is 14.4. The van der Waals surface area contributed by atoms with Gasteiger partial charge in [-0.2, -0.15) is 0 Å². The molecule has 2 aromatic rings. The molecule has 0 aliphatic carbocycles. The quantitative estimate of drug-likeness (QED) is 0.834. The molecular weight excluding hydrogens is 348 g/mol. The third-order valence-corrected chi connectivity index (χ3v) is 6.13. The van der Waals surface area contributed by atoms with Crippen molar-refractivity contribution in [3.05, 3.63) is 58.7 Å². The molecule has 0 spiro atoms. The second kappa shape index (κ2) is 7.91. The van der Waals surface area contributed by atoms with Crippen LogP contribution in [0.1, 0.15) is 40.9 Å². The Morgan fingerprint density at radius 2 is 1.65 bits per heavy atom. The van der Waals surface area contributed by atoms with Crippen molar-refractivity contribution in [1.82, 2.24) is 4.90 Å². The zero-order valence-corrected chi connectivity index (χ0v) is 16.8. The van der Waals surface area contributed by atoms with Crippen LogP contribution in [0.2, 0.25) is 0 Å². The molecular formula is C20H26N2O3S. The molecule has 2 rings (SSSR count). The monoisotopic (exact) mass is 374 g/mol. The van der Waals surface area contributed by atoms with E-state index in [0.29, 0.717) is 29.9 Å². The predicted octanol–water partition coefficient (Wildman–Crippen LogP) is 3.89. The van der Waals surface area contributed by atoms with Gasteiger partial charge in [0.15, 0.2) is 0 Å². The van der Waals surface area contributed by atoms with Gasteiger partial charge in [0.25, 0.3) is 15.9 Å². The predicted molar refractivity (Wildman–Crippen MR) is 105 cm³/mol. The maximum atomic E-state index is 12.9. The highest BCUT2D eigenvalue weighted by atomic mass is 32.2. The van der Waals surface area contributed by atoms with Crippen LogP contribution in [-0.2, 0) is 10.0 Å². The van der Waals surface area contributed by atoms with Gasteiger partial charge >= 0.3 is 0 Å². The number of rotatable bonds is 6. The molecule has 0 radical (unpaired) electrons. The Kier molecular flexibility index (Phi) is 6.08. The standard InChI is InChI=1S/C20H26N2O3S/c1-6-22(7-2)20(23)17-12-11-15(4)19(13-17)26(24,25)21-18-10-8-9-14(3)16(18)5/h8-13,21H,6-7H2,1-5H3. The number of carbonyl (C=O) groups excluding carboxylic acids is 1. The van der Waals surface area contributed by atoms with Gasteiger partial charge in [0, 0.05) is 18.7 Å². The minimum absolute atomic E-state index is 0.122. The summed E-state index contributed by atoms with van der Waals surface area (Å²) in [6.07, 6.45) is 0. The number of aryl methyl sites for hydroxylation is 2. The lowest BCUT2D eigenvalue weighted by atomic mass is 10.1. The SMILES string of the molecule is CCN(CC)C(=O)c1ccc(C)c(S(=O)(=O)Nc2cccc(C)c2C)c1. The van der Waals surface area contributed by atoms with E-state index in [2.05, 4.69) is 4.72 Å². The van der Waals surface area contributed by atoms with Crippen molar-refractivity contribution in [2.75, 3.05) is 17.8 Å². The van der Waals surface area contributed by atoms with E-state index >= 15 is 0 Å². The molecule has 0 atom stereocenters. The van der Waals surface area contributed by atoms with Gasteiger partial charge < -0.3 is 4.90 Å². The van der Waals surface area contributed by atoms with Gasteiger partial charge in [0.05, 0.1) is 10.6 Å². The molecule has 0 bridgehead atoms. The first-order chi connectivity index (χ1) is 12.2. The van der Waals surface area contributed by atoms with Crippen molar-refractivity contribution in [2.45, 2.75) is 39.5 Å². The lowest BCUT2D eigenvalue weighted by Gasteiger charge is -2.19. The molecule has 5 nitrogen and oxygen atoms in total. The average molecular weight is 375 g/mol. The molecule has 26 heavy (non-hydrogen) atoms. The highest BCUT2D eigenvalue weighted by Gasteiger charge is 2.21. The Hall–Kier alpha value is -2.34. The van der Waals surface area contributed by atoms with Gasteiger partial charge in [0.1, 0.15) is 0 Å². The number of benzene rings is 2. The van der Waals surface area contributed by atoms with E-state index in [1.807, 2.05) is 39.8 Å². The molecule has 6 heteroatoms. The van der Waals surface area contributed by atoms with Crippen LogP contribution in [0, 0.1) is 20.8 Å². The summed E-state index contributed by atoms with van der Waals surface area (Å²) in [5, 5.41) is 0. The number of nitrogens with zero attached hydrogens (tertiary/aromatic N) is 1. The summed E-state index contributed by atoms with van der Waals surface area (Å²) in [6.45, 7) is 10.5. The van der Waals surface area contributed by atoms with Gasteiger partial charge in [-0.05, 0) is 69.5 Å². The van der Waals surface area contributed by atoms with Crippen molar-refractivity contribution in [1.29, 1.82) is 0 Å². The second-order valence-electron chi connectivity index (χ2n) is 6.31. The van der Waals surface area contributed by atoms with E-state index < -0.39 is 10.0 Å². The average Bonchev–Trinajstić information content (AvgIpc) is 2.60. The summed E-state index contributed by atoms with van der Waals surface area (Å²) < 4.78 is 28.5. The van der Waals surface area contributed by atoms with E-state index in [0.717, 1.165) is 11.1 Å². The summed E-state index contributed by atoms with van der Waals surface area (Å²) >= 11 is 0. The number of hydrogen-bond donors (Lipinski definition) is 1. The highest BCUT2D eigenvalue weighted by molar-refractivity contribution is 7.92. The van der Waals surface area contributed by atoms with Crippen LogP contribution in [0.3, 0.4) is 0 Å². The fraction of sp³-hybridized carbons (Fsp3) is 0.350. The van der Waals surface area contributed by atoms with Gasteiger partial charge in [-0.1, -0.05) is 18.2 Å². The van der Waals surface area contributed by atoms with Crippen molar-refractivity contribution in [3.63, 3.8) is 0 Å². The number of carbonyl (C=O) groups is 1. The van der Waals surface area contributed by atoms with E-state index in [-0.39, 0.29) is 10.8 Å². The highest BCUT2D eigenvalue weighted by Crippen LogP contribution is 2.24. The molecule has 0 unspecified atom stereocenters. The number of hydrogen-bond acceptors (Lipinski definition) is 3. The topological polar surface area (TPSA) is 66.5 Å². The third kappa shape index (κ3) is 4.07. The van der Waals surface area contributed by atoms with Crippen LogP contribution < -0.4 is 4.72 Å². The molecule has 0 aromatic heterocycles. The number of sulfonamides is 1. The minimum atomic E-state index is -3.80. The molecule has 0 saturated carbocycles. The van der Waals surface area contributed by atoms with Crippen LogP contribution in [0.5, 0.6) is 0 Å². The summed E-state index contributed by atoms with van der Waals surface area (Å²) in [6, 6.07) is 10.3. The number of nitrogens with one attached hydrogen (secondary N) is 1. The van der Waals surface area contributed by atoms with Gasteiger partial charge in [0.2, 0.25) is 0 Å². The molecule has 0 aliphatic rings. The largest absolute Gasteiger partial charge is 0.339 e.